The Kier molecular flexibility index (Phi) is 4.39. The van der Waals surface area contributed by atoms with Crippen molar-refractivity contribution in [2.75, 3.05) is 0 Å². The molecule has 0 aliphatic carbocycles. The van der Waals surface area contributed by atoms with Crippen LogP contribution in [0.4, 0.5) is 0 Å². The Morgan fingerprint density at radius 1 is 0.537 bits per heavy atom. The fourth-order valence-corrected chi connectivity index (χ4v) is 7.23. The molecule has 0 atom stereocenters. The summed E-state index contributed by atoms with van der Waals surface area (Å²) in [6, 6.07) is 42.2. The molecule has 0 bridgehead atoms. The van der Waals surface area contributed by atoms with Crippen molar-refractivity contribution in [1.29, 1.82) is 0 Å². The molecule has 8 aromatic rings. The number of nitrogens with zero attached hydrogens (tertiary/aromatic N) is 3. The Morgan fingerprint density at radius 3 is 1.95 bits per heavy atom. The number of hydrogen-bond acceptors (Lipinski definition) is 1. The minimum absolute atomic E-state index is 0.133. The minimum atomic E-state index is -0.133. The first-order chi connectivity index (χ1) is 20.1. The van der Waals surface area contributed by atoms with E-state index in [2.05, 4.69) is 143 Å². The van der Waals surface area contributed by atoms with E-state index >= 15 is 0 Å². The number of pyridine rings is 1. The van der Waals surface area contributed by atoms with Crippen LogP contribution in [-0.2, 0) is 5.41 Å². The maximum atomic E-state index is 4.51. The standard InChI is InChI=1S/C38H27N3/c1-38(2)31-11-5-8-14-35(31)41-36-23-39-20-19-29(36)30-21-25(22-32(38)37(30)41)24-15-17-26(18-16-24)40-33-12-6-3-9-27(33)28-10-4-7-13-34(28)40/h3-23H,1-2H3. The van der Waals surface area contributed by atoms with Crippen LogP contribution >= 0.6 is 0 Å². The van der Waals surface area contributed by atoms with Gasteiger partial charge in [-0.15, -0.1) is 0 Å². The Bertz CT molecular complexity index is 2280. The van der Waals surface area contributed by atoms with Gasteiger partial charge in [-0.3, -0.25) is 4.98 Å². The highest BCUT2D eigenvalue weighted by molar-refractivity contribution is 6.13. The van der Waals surface area contributed by atoms with E-state index in [0.29, 0.717) is 0 Å². The van der Waals surface area contributed by atoms with Gasteiger partial charge in [0.05, 0.1) is 34.0 Å². The second-order valence-corrected chi connectivity index (χ2v) is 11.7. The fourth-order valence-electron chi connectivity index (χ4n) is 7.23. The Balaban J connectivity index is 1.27. The summed E-state index contributed by atoms with van der Waals surface area (Å²) < 4.78 is 4.80. The van der Waals surface area contributed by atoms with Crippen LogP contribution in [0.5, 0.6) is 0 Å². The summed E-state index contributed by atoms with van der Waals surface area (Å²) in [5.41, 5.74) is 12.4. The molecule has 0 amide bonds. The molecule has 0 radical (unpaired) electrons. The van der Waals surface area contributed by atoms with E-state index in [0.717, 1.165) is 5.52 Å². The van der Waals surface area contributed by atoms with Gasteiger partial charge in [-0.25, -0.2) is 0 Å². The van der Waals surface area contributed by atoms with Crippen LogP contribution in [0.2, 0.25) is 0 Å². The number of hydrogen-bond donors (Lipinski definition) is 0. The van der Waals surface area contributed by atoms with Gasteiger partial charge < -0.3 is 9.13 Å². The Labute approximate surface area is 237 Å². The van der Waals surface area contributed by atoms with Gasteiger partial charge in [-0.05, 0) is 70.8 Å². The molecule has 9 rings (SSSR count). The van der Waals surface area contributed by atoms with Crippen LogP contribution in [0.15, 0.2) is 128 Å². The second-order valence-electron chi connectivity index (χ2n) is 11.7. The number of rotatable bonds is 2. The normalized spacial score (nSPS) is 13.8. The van der Waals surface area contributed by atoms with Crippen molar-refractivity contribution in [2.45, 2.75) is 19.3 Å². The SMILES string of the molecule is CC1(C)c2ccccc2-n2c3cnccc3c3cc(-c4ccc(-n5c6ccccc6c6ccccc65)cc4)cc1c32. The fraction of sp³-hybridized carbons (Fsp3) is 0.0789. The van der Waals surface area contributed by atoms with Crippen LogP contribution in [0.25, 0.3) is 66.1 Å². The summed E-state index contributed by atoms with van der Waals surface area (Å²) >= 11 is 0. The zero-order valence-corrected chi connectivity index (χ0v) is 23.0. The van der Waals surface area contributed by atoms with E-state index in [1.54, 1.807) is 0 Å². The molecule has 4 heterocycles. The lowest BCUT2D eigenvalue weighted by atomic mass is 9.74. The lowest BCUT2D eigenvalue weighted by Crippen LogP contribution is -2.26. The molecule has 0 spiro atoms. The van der Waals surface area contributed by atoms with E-state index in [1.165, 1.54) is 71.7 Å². The average molecular weight is 526 g/mol. The summed E-state index contributed by atoms with van der Waals surface area (Å²) in [6.45, 7) is 4.71. The number of para-hydroxylation sites is 3. The van der Waals surface area contributed by atoms with Crippen molar-refractivity contribution in [3.05, 3.63) is 139 Å². The predicted molar refractivity (Wildman–Crippen MR) is 170 cm³/mol. The first kappa shape index (κ1) is 22.6. The average Bonchev–Trinajstić information content (AvgIpc) is 3.53. The first-order valence-corrected chi connectivity index (χ1v) is 14.2. The maximum absolute atomic E-state index is 4.51. The molecular weight excluding hydrogens is 498 g/mol. The maximum Gasteiger partial charge on any atom is 0.0724 e. The molecular formula is C38H27N3. The summed E-state index contributed by atoms with van der Waals surface area (Å²) in [4.78, 5) is 4.51. The van der Waals surface area contributed by atoms with Crippen LogP contribution in [0, 0.1) is 0 Å². The lowest BCUT2D eigenvalue weighted by molar-refractivity contribution is 0.630. The minimum Gasteiger partial charge on any atom is -0.309 e. The third-order valence-corrected chi connectivity index (χ3v) is 9.20. The molecule has 0 saturated heterocycles. The smallest absolute Gasteiger partial charge is 0.0724 e. The van der Waals surface area contributed by atoms with Gasteiger partial charge >= 0.3 is 0 Å². The van der Waals surface area contributed by atoms with Gasteiger partial charge in [0.1, 0.15) is 0 Å². The molecule has 0 N–H and O–H groups in total. The molecule has 1 aliphatic rings. The van der Waals surface area contributed by atoms with Crippen LogP contribution in [-0.4, -0.2) is 14.1 Å². The molecule has 3 aromatic heterocycles. The highest BCUT2D eigenvalue weighted by Gasteiger charge is 2.35. The predicted octanol–water partition coefficient (Wildman–Crippen LogP) is 9.58. The molecule has 0 unspecified atom stereocenters. The quantitative estimate of drug-likeness (QED) is 0.220. The van der Waals surface area contributed by atoms with Crippen molar-refractivity contribution in [3.63, 3.8) is 0 Å². The third kappa shape index (κ3) is 2.95. The number of benzene rings is 5. The van der Waals surface area contributed by atoms with E-state index in [1.807, 2.05) is 12.4 Å². The third-order valence-electron chi connectivity index (χ3n) is 9.20. The molecule has 0 fully saturated rings. The van der Waals surface area contributed by atoms with Crippen molar-refractivity contribution >= 4 is 43.6 Å². The summed E-state index contributed by atoms with van der Waals surface area (Å²) in [7, 11) is 0. The zero-order chi connectivity index (χ0) is 27.3. The van der Waals surface area contributed by atoms with Gasteiger partial charge in [0.25, 0.3) is 0 Å². The summed E-state index contributed by atoms with van der Waals surface area (Å²) in [5, 5.41) is 5.09. The van der Waals surface area contributed by atoms with Crippen molar-refractivity contribution in [3.8, 4) is 22.5 Å². The highest BCUT2D eigenvalue weighted by Crippen LogP contribution is 2.48. The van der Waals surface area contributed by atoms with Crippen LogP contribution < -0.4 is 0 Å². The van der Waals surface area contributed by atoms with E-state index < -0.39 is 0 Å². The van der Waals surface area contributed by atoms with Crippen molar-refractivity contribution < 1.29 is 0 Å². The molecule has 3 heteroatoms. The zero-order valence-electron chi connectivity index (χ0n) is 23.0. The molecule has 1 aliphatic heterocycles. The van der Waals surface area contributed by atoms with Gasteiger partial charge in [0.15, 0.2) is 0 Å². The molecule has 5 aromatic carbocycles. The Hall–Kier alpha value is -5.15. The topological polar surface area (TPSA) is 22.8 Å². The van der Waals surface area contributed by atoms with E-state index in [9.17, 15) is 0 Å². The summed E-state index contributed by atoms with van der Waals surface area (Å²) in [5.74, 6) is 0. The van der Waals surface area contributed by atoms with Crippen LogP contribution in [0.3, 0.4) is 0 Å². The molecule has 41 heavy (non-hydrogen) atoms. The molecule has 0 saturated carbocycles. The first-order valence-electron chi connectivity index (χ1n) is 14.2. The van der Waals surface area contributed by atoms with Crippen LogP contribution in [0.1, 0.15) is 25.0 Å². The highest BCUT2D eigenvalue weighted by atomic mass is 15.0. The summed E-state index contributed by atoms with van der Waals surface area (Å²) in [6.07, 6.45) is 3.92. The van der Waals surface area contributed by atoms with E-state index in [-0.39, 0.29) is 5.41 Å². The largest absolute Gasteiger partial charge is 0.309 e. The van der Waals surface area contributed by atoms with Crippen molar-refractivity contribution in [2.24, 2.45) is 0 Å². The van der Waals surface area contributed by atoms with Gasteiger partial charge in [-0.2, -0.15) is 0 Å². The molecule has 194 valence electrons. The monoisotopic (exact) mass is 525 g/mol. The van der Waals surface area contributed by atoms with E-state index in [4.69, 9.17) is 0 Å². The number of fused-ring (bicyclic) bond motifs is 8. The molecule has 3 nitrogen and oxygen atoms in total. The van der Waals surface area contributed by atoms with Crippen molar-refractivity contribution in [1.82, 2.24) is 14.1 Å². The van der Waals surface area contributed by atoms with Gasteiger partial charge in [0, 0.05) is 38.8 Å². The van der Waals surface area contributed by atoms with Gasteiger partial charge in [-0.1, -0.05) is 80.6 Å². The number of aromatic nitrogens is 3. The second kappa shape index (κ2) is 7.96. The Morgan fingerprint density at radius 2 is 1.20 bits per heavy atom. The lowest BCUT2D eigenvalue weighted by Gasteiger charge is -2.35. The van der Waals surface area contributed by atoms with Gasteiger partial charge in [0.2, 0.25) is 0 Å².